The molecular weight excluding hydrogens is 202 g/mol. The zero-order valence-corrected chi connectivity index (χ0v) is 9.32. The van der Waals surface area contributed by atoms with Crippen LogP contribution in [-0.4, -0.2) is 12.8 Å². The van der Waals surface area contributed by atoms with Gasteiger partial charge >= 0.3 is 0 Å². The Bertz CT molecular complexity index is 409. The molecule has 0 saturated heterocycles. The molecular formula is C13H15NO2. The van der Waals surface area contributed by atoms with Gasteiger partial charge in [-0.05, 0) is 24.1 Å². The van der Waals surface area contributed by atoms with Gasteiger partial charge in [-0.2, -0.15) is 0 Å². The summed E-state index contributed by atoms with van der Waals surface area (Å²) in [4.78, 5) is 0. The van der Waals surface area contributed by atoms with Gasteiger partial charge in [-0.25, -0.2) is 0 Å². The molecule has 1 heterocycles. The molecule has 1 aromatic rings. The van der Waals surface area contributed by atoms with E-state index in [9.17, 15) is 0 Å². The van der Waals surface area contributed by atoms with Crippen molar-refractivity contribution < 1.29 is 9.47 Å². The highest BCUT2D eigenvalue weighted by Crippen LogP contribution is 2.32. The highest BCUT2D eigenvalue weighted by Gasteiger charge is 2.13. The molecule has 0 spiro atoms. The van der Waals surface area contributed by atoms with E-state index in [1.165, 1.54) is 0 Å². The monoisotopic (exact) mass is 217 g/mol. The minimum Gasteiger partial charge on any atom is -0.454 e. The zero-order chi connectivity index (χ0) is 11.4. The second kappa shape index (κ2) is 4.91. The largest absolute Gasteiger partial charge is 0.454 e. The first kappa shape index (κ1) is 10.8. The molecule has 0 amide bonds. The third-order valence-corrected chi connectivity index (χ3v) is 2.60. The van der Waals surface area contributed by atoms with Crippen molar-refractivity contribution >= 4 is 0 Å². The minimum absolute atomic E-state index is 0.130. The topological polar surface area (TPSA) is 30.5 Å². The van der Waals surface area contributed by atoms with E-state index in [1.807, 2.05) is 18.2 Å². The van der Waals surface area contributed by atoms with Gasteiger partial charge in [0.25, 0.3) is 0 Å². The van der Waals surface area contributed by atoms with Crippen molar-refractivity contribution in [2.75, 3.05) is 6.79 Å². The van der Waals surface area contributed by atoms with E-state index >= 15 is 0 Å². The molecule has 1 aromatic carbocycles. The van der Waals surface area contributed by atoms with Crippen LogP contribution in [0, 0.1) is 12.3 Å². The molecule has 0 radical (unpaired) electrons. The van der Waals surface area contributed by atoms with Crippen LogP contribution in [-0.2, 0) is 6.54 Å². The molecule has 16 heavy (non-hydrogen) atoms. The fourth-order valence-corrected chi connectivity index (χ4v) is 1.61. The van der Waals surface area contributed by atoms with E-state index in [-0.39, 0.29) is 6.04 Å². The van der Waals surface area contributed by atoms with Gasteiger partial charge in [-0.15, -0.1) is 6.42 Å². The number of ether oxygens (including phenoxy) is 2. The lowest BCUT2D eigenvalue weighted by atomic mass is 10.1. The average molecular weight is 217 g/mol. The van der Waals surface area contributed by atoms with Gasteiger partial charge in [-0.1, -0.05) is 18.9 Å². The molecule has 3 heteroatoms. The third-order valence-electron chi connectivity index (χ3n) is 2.60. The number of rotatable bonds is 4. The summed E-state index contributed by atoms with van der Waals surface area (Å²) in [7, 11) is 0. The SMILES string of the molecule is C#CC(CC)NCc1ccc2c(c1)OCO2. The van der Waals surface area contributed by atoms with Crippen LogP contribution in [0.25, 0.3) is 0 Å². The number of terminal acetylenes is 1. The van der Waals surface area contributed by atoms with Gasteiger partial charge < -0.3 is 9.47 Å². The average Bonchev–Trinajstić information content (AvgIpc) is 2.77. The molecule has 1 atom stereocenters. The Labute approximate surface area is 95.8 Å². The zero-order valence-electron chi connectivity index (χ0n) is 9.32. The van der Waals surface area contributed by atoms with Crippen molar-refractivity contribution in [2.45, 2.75) is 25.9 Å². The smallest absolute Gasteiger partial charge is 0.231 e. The van der Waals surface area contributed by atoms with Crippen LogP contribution in [0.1, 0.15) is 18.9 Å². The van der Waals surface area contributed by atoms with Crippen molar-refractivity contribution in [3.8, 4) is 23.8 Å². The highest BCUT2D eigenvalue weighted by molar-refractivity contribution is 5.44. The molecule has 84 valence electrons. The Morgan fingerprint density at radius 1 is 1.44 bits per heavy atom. The summed E-state index contributed by atoms with van der Waals surface area (Å²) >= 11 is 0. The van der Waals surface area contributed by atoms with Crippen molar-refractivity contribution in [3.63, 3.8) is 0 Å². The molecule has 3 nitrogen and oxygen atoms in total. The number of nitrogens with one attached hydrogen (secondary N) is 1. The van der Waals surface area contributed by atoms with Gasteiger partial charge in [0.1, 0.15) is 0 Å². The summed E-state index contributed by atoms with van der Waals surface area (Å²) in [5.41, 5.74) is 1.15. The molecule has 1 aliphatic rings. The fraction of sp³-hybridized carbons (Fsp3) is 0.385. The standard InChI is InChI=1S/C13H15NO2/c1-3-11(4-2)14-8-10-5-6-12-13(7-10)16-9-15-12/h1,5-7,11,14H,4,8-9H2,2H3. The lowest BCUT2D eigenvalue weighted by Crippen LogP contribution is -2.26. The summed E-state index contributed by atoms with van der Waals surface area (Å²) in [6.07, 6.45) is 6.31. The summed E-state index contributed by atoms with van der Waals surface area (Å²) < 4.78 is 10.6. The second-order valence-electron chi connectivity index (χ2n) is 3.70. The molecule has 0 fully saturated rings. The predicted octanol–water partition coefficient (Wildman–Crippen LogP) is 1.92. The minimum atomic E-state index is 0.130. The van der Waals surface area contributed by atoms with Crippen LogP contribution in [0.3, 0.4) is 0 Å². The maximum absolute atomic E-state index is 5.38. The Kier molecular flexibility index (Phi) is 3.33. The Balaban J connectivity index is 1.98. The second-order valence-corrected chi connectivity index (χ2v) is 3.70. The lowest BCUT2D eigenvalue weighted by Gasteiger charge is -2.10. The lowest BCUT2D eigenvalue weighted by molar-refractivity contribution is 0.174. The van der Waals surface area contributed by atoms with Gasteiger partial charge in [0.05, 0.1) is 6.04 Å². The molecule has 1 unspecified atom stereocenters. The molecule has 1 aliphatic heterocycles. The number of hydrogen-bond acceptors (Lipinski definition) is 3. The quantitative estimate of drug-likeness (QED) is 0.781. The first-order valence-electron chi connectivity index (χ1n) is 5.41. The summed E-state index contributed by atoms with van der Waals surface area (Å²) in [6.45, 7) is 3.13. The summed E-state index contributed by atoms with van der Waals surface area (Å²) in [6, 6.07) is 6.06. The van der Waals surface area contributed by atoms with E-state index in [4.69, 9.17) is 15.9 Å². The van der Waals surface area contributed by atoms with Crippen molar-refractivity contribution in [3.05, 3.63) is 23.8 Å². The van der Waals surface area contributed by atoms with Gasteiger partial charge in [-0.3, -0.25) is 5.32 Å². The summed E-state index contributed by atoms with van der Waals surface area (Å²) in [5.74, 6) is 4.33. The van der Waals surface area contributed by atoms with Crippen molar-refractivity contribution in [2.24, 2.45) is 0 Å². The number of fused-ring (bicyclic) bond motifs is 1. The van der Waals surface area contributed by atoms with Crippen LogP contribution < -0.4 is 14.8 Å². The fourth-order valence-electron chi connectivity index (χ4n) is 1.61. The van der Waals surface area contributed by atoms with E-state index in [2.05, 4.69) is 18.2 Å². The third kappa shape index (κ3) is 2.29. The maximum atomic E-state index is 5.38. The Hall–Kier alpha value is -1.66. The van der Waals surface area contributed by atoms with E-state index < -0.39 is 0 Å². The van der Waals surface area contributed by atoms with E-state index in [0.29, 0.717) is 6.79 Å². The molecule has 0 aromatic heterocycles. The predicted molar refractivity (Wildman–Crippen MR) is 62.3 cm³/mol. The van der Waals surface area contributed by atoms with Crippen molar-refractivity contribution in [1.29, 1.82) is 0 Å². The van der Waals surface area contributed by atoms with Crippen LogP contribution in [0.5, 0.6) is 11.5 Å². The molecule has 1 N–H and O–H groups in total. The van der Waals surface area contributed by atoms with Gasteiger partial charge in [0, 0.05) is 6.54 Å². The van der Waals surface area contributed by atoms with Crippen LogP contribution in [0.4, 0.5) is 0 Å². The van der Waals surface area contributed by atoms with E-state index in [0.717, 1.165) is 30.0 Å². The van der Waals surface area contributed by atoms with Crippen LogP contribution >= 0.6 is 0 Å². The van der Waals surface area contributed by atoms with Gasteiger partial charge in [0.2, 0.25) is 6.79 Å². The van der Waals surface area contributed by atoms with Gasteiger partial charge in [0.15, 0.2) is 11.5 Å². The first-order chi connectivity index (χ1) is 7.83. The first-order valence-corrected chi connectivity index (χ1v) is 5.41. The molecule has 0 saturated carbocycles. The number of benzene rings is 1. The normalized spacial score (nSPS) is 14.5. The highest BCUT2D eigenvalue weighted by atomic mass is 16.7. The summed E-state index contributed by atoms with van der Waals surface area (Å²) in [5, 5.41) is 3.29. The van der Waals surface area contributed by atoms with Crippen LogP contribution in [0.15, 0.2) is 18.2 Å². The number of hydrogen-bond donors (Lipinski definition) is 1. The van der Waals surface area contributed by atoms with Crippen molar-refractivity contribution in [1.82, 2.24) is 5.32 Å². The Morgan fingerprint density at radius 2 is 2.25 bits per heavy atom. The molecule has 0 aliphatic carbocycles. The van der Waals surface area contributed by atoms with E-state index in [1.54, 1.807) is 0 Å². The molecule has 2 rings (SSSR count). The van der Waals surface area contributed by atoms with Crippen LogP contribution in [0.2, 0.25) is 0 Å². The maximum Gasteiger partial charge on any atom is 0.231 e. The Morgan fingerprint density at radius 3 is 3.00 bits per heavy atom. The molecule has 0 bridgehead atoms.